The Kier molecular flexibility index (Phi) is 7.11. The van der Waals surface area contributed by atoms with E-state index in [1.165, 1.54) is 11.3 Å². The number of rotatable bonds is 8. The molecule has 1 aromatic carbocycles. The second-order valence-corrected chi connectivity index (χ2v) is 7.30. The van der Waals surface area contributed by atoms with Crippen LogP contribution in [-0.4, -0.2) is 37.6 Å². The minimum atomic E-state index is -0.279. The molecule has 0 aliphatic carbocycles. The second kappa shape index (κ2) is 9.08. The Balaban J connectivity index is 2.05. The number of nitrogens with one attached hydrogen (secondary N) is 1. The van der Waals surface area contributed by atoms with Crippen LogP contribution in [0.4, 0.5) is 5.69 Å². The molecular formula is C18H23ClN2O3S. The van der Waals surface area contributed by atoms with Crippen molar-refractivity contribution in [2.24, 2.45) is 0 Å². The Morgan fingerprint density at radius 1 is 1.24 bits per heavy atom. The summed E-state index contributed by atoms with van der Waals surface area (Å²) in [6.07, 6.45) is 0. The van der Waals surface area contributed by atoms with Gasteiger partial charge in [-0.3, -0.25) is 9.69 Å². The molecule has 0 fully saturated rings. The van der Waals surface area contributed by atoms with Gasteiger partial charge in [-0.15, -0.1) is 11.3 Å². The van der Waals surface area contributed by atoms with Crippen LogP contribution < -0.4 is 14.8 Å². The van der Waals surface area contributed by atoms with Crippen molar-refractivity contribution in [2.45, 2.75) is 26.4 Å². The van der Waals surface area contributed by atoms with Crippen LogP contribution in [0.5, 0.6) is 11.5 Å². The molecule has 1 atom stereocenters. The van der Waals surface area contributed by atoms with E-state index in [0.717, 1.165) is 15.8 Å². The van der Waals surface area contributed by atoms with E-state index in [-0.39, 0.29) is 11.9 Å². The predicted octanol–water partition coefficient (Wildman–Crippen LogP) is 4.27. The number of methoxy groups -OCH3 is 2. The molecule has 1 N–H and O–H groups in total. The van der Waals surface area contributed by atoms with Crippen molar-refractivity contribution in [3.63, 3.8) is 0 Å². The molecule has 0 aliphatic heterocycles. The fourth-order valence-electron chi connectivity index (χ4n) is 2.49. The molecule has 1 amide bonds. The number of hydrogen-bond acceptors (Lipinski definition) is 5. The molecule has 5 nitrogen and oxygen atoms in total. The van der Waals surface area contributed by atoms with Gasteiger partial charge in [-0.2, -0.15) is 0 Å². The minimum Gasteiger partial charge on any atom is -0.493 e. The summed E-state index contributed by atoms with van der Waals surface area (Å²) < 4.78 is 11.2. The van der Waals surface area contributed by atoms with Gasteiger partial charge >= 0.3 is 0 Å². The zero-order chi connectivity index (χ0) is 18.4. The van der Waals surface area contributed by atoms with Gasteiger partial charge in [0.15, 0.2) is 11.5 Å². The highest BCUT2D eigenvalue weighted by Gasteiger charge is 2.21. The van der Waals surface area contributed by atoms with Crippen molar-refractivity contribution in [1.29, 1.82) is 0 Å². The van der Waals surface area contributed by atoms with Gasteiger partial charge < -0.3 is 14.8 Å². The molecule has 1 unspecified atom stereocenters. The number of carbonyl (C=O) groups excluding carboxylic acids is 1. The van der Waals surface area contributed by atoms with Crippen LogP contribution in [0.15, 0.2) is 30.3 Å². The third kappa shape index (κ3) is 5.11. The van der Waals surface area contributed by atoms with Crippen molar-refractivity contribution in [3.8, 4) is 11.5 Å². The second-order valence-electron chi connectivity index (χ2n) is 5.50. The summed E-state index contributed by atoms with van der Waals surface area (Å²) in [6.45, 7) is 5.38. The van der Waals surface area contributed by atoms with Crippen LogP contribution in [0.25, 0.3) is 0 Å². The molecule has 2 aromatic rings. The fraction of sp³-hybridized carbons (Fsp3) is 0.389. The van der Waals surface area contributed by atoms with E-state index in [0.29, 0.717) is 23.7 Å². The zero-order valence-electron chi connectivity index (χ0n) is 14.8. The van der Waals surface area contributed by atoms with E-state index < -0.39 is 0 Å². The van der Waals surface area contributed by atoms with E-state index in [1.807, 2.05) is 26.0 Å². The molecule has 0 bridgehead atoms. The van der Waals surface area contributed by atoms with Gasteiger partial charge in [0.1, 0.15) is 0 Å². The maximum Gasteiger partial charge on any atom is 0.241 e. The number of benzene rings is 1. The van der Waals surface area contributed by atoms with Gasteiger partial charge in [0.05, 0.1) is 24.6 Å². The van der Waals surface area contributed by atoms with Gasteiger partial charge in [0.2, 0.25) is 5.91 Å². The van der Waals surface area contributed by atoms with E-state index in [4.69, 9.17) is 21.1 Å². The van der Waals surface area contributed by atoms with Crippen LogP contribution in [0.1, 0.15) is 18.7 Å². The van der Waals surface area contributed by atoms with Gasteiger partial charge in [-0.05, 0) is 37.7 Å². The standard InChI is InChI=1S/C18H23ClN2O3S/c1-5-21(11-14-7-9-17(19)25-14)12(2)18(22)20-13-6-8-15(23-3)16(10-13)24-4/h6-10,12H,5,11H2,1-4H3,(H,20,22). The Hall–Kier alpha value is -1.76. The van der Waals surface area contributed by atoms with Crippen molar-refractivity contribution in [1.82, 2.24) is 4.90 Å². The summed E-state index contributed by atoms with van der Waals surface area (Å²) in [6, 6.07) is 8.90. The molecule has 0 spiro atoms. The summed E-state index contributed by atoms with van der Waals surface area (Å²) >= 11 is 7.52. The number of halogens is 1. The minimum absolute atomic E-state index is 0.0725. The van der Waals surface area contributed by atoms with Gasteiger partial charge in [-0.1, -0.05) is 18.5 Å². The van der Waals surface area contributed by atoms with Gasteiger partial charge in [0.25, 0.3) is 0 Å². The van der Waals surface area contributed by atoms with Crippen molar-refractivity contribution in [2.75, 3.05) is 26.1 Å². The quantitative estimate of drug-likeness (QED) is 0.740. The smallest absolute Gasteiger partial charge is 0.241 e. The number of likely N-dealkylation sites (N-methyl/N-ethyl adjacent to an activating group) is 1. The zero-order valence-corrected chi connectivity index (χ0v) is 16.4. The summed E-state index contributed by atoms with van der Waals surface area (Å²) in [4.78, 5) is 15.8. The first-order valence-corrected chi connectivity index (χ1v) is 9.19. The Bertz CT molecular complexity index is 720. The van der Waals surface area contributed by atoms with Crippen molar-refractivity contribution < 1.29 is 14.3 Å². The highest BCUT2D eigenvalue weighted by molar-refractivity contribution is 7.16. The van der Waals surface area contributed by atoms with E-state index in [9.17, 15) is 4.79 Å². The monoisotopic (exact) mass is 382 g/mol. The van der Waals surface area contributed by atoms with E-state index in [2.05, 4.69) is 10.2 Å². The van der Waals surface area contributed by atoms with Crippen LogP contribution in [0.3, 0.4) is 0 Å². The van der Waals surface area contributed by atoms with Crippen LogP contribution in [0.2, 0.25) is 4.34 Å². The first kappa shape index (κ1) is 19.6. The Labute approximate surface area is 157 Å². The summed E-state index contributed by atoms with van der Waals surface area (Å²) in [5.41, 5.74) is 0.671. The number of thiophene rings is 1. The number of carbonyl (C=O) groups is 1. The Morgan fingerprint density at radius 3 is 2.52 bits per heavy atom. The number of amides is 1. The SMILES string of the molecule is CCN(Cc1ccc(Cl)s1)C(C)C(=O)Nc1ccc(OC)c(OC)c1. The predicted molar refractivity (Wildman–Crippen MR) is 103 cm³/mol. The van der Waals surface area contributed by atoms with Crippen LogP contribution in [0, 0.1) is 0 Å². The highest BCUT2D eigenvalue weighted by atomic mass is 35.5. The van der Waals surface area contributed by atoms with Crippen LogP contribution in [-0.2, 0) is 11.3 Å². The fourth-order valence-corrected chi connectivity index (χ4v) is 3.60. The molecule has 0 saturated carbocycles. The summed E-state index contributed by atoms with van der Waals surface area (Å²) in [5.74, 6) is 1.13. The lowest BCUT2D eigenvalue weighted by atomic mass is 10.2. The van der Waals surface area contributed by atoms with E-state index >= 15 is 0 Å². The van der Waals surface area contributed by atoms with Gasteiger partial charge in [-0.25, -0.2) is 0 Å². The molecule has 0 aliphatic rings. The first-order chi connectivity index (χ1) is 12.0. The molecular weight excluding hydrogens is 360 g/mol. The first-order valence-electron chi connectivity index (χ1n) is 7.99. The largest absolute Gasteiger partial charge is 0.493 e. The molecule has 7 heteroatoms. The van der Waals surface area contributed by atoms with E-state index in [1.54, 1.807) is 32.4 Å². The van der Waals surface area contributed by atoms with Gasteiger partial charge in [0, 0.05) is 23.2 Å². The maximum atomic E-state index is 12.6. The highest BCUT2D eigenvalue weighted by Crippen LogP contribution is 2.30. The number of anilines is 1. The topological polar surface area (TPSA) is 50.8 Å². The number of nitrogens with zero attached hydrogens (tertiary/aromatic N) is 1. The number of ether oxygens (including phenoxy) is 2. The molecule has 0 radical (unpaired) electrons. The maximum absolute atomic E-state index is 12.6. The van der Waals surface area contributed by atoms with Crippen LogP contribution >= 0.6 is 22.9 Å². The third-order valence-corrected chi connectivity index (χ3v) is 5.19. The lowest BCUT2D eigenvalue weighted by molar-refractivity contribution is -0.120. The summed E-state index contributed by atoms with van der Waals surface area (Å²) in [7, 11) is 3.14. The third-order valence-electron chi connectivity index (χ3n) is 3.97. The molecule has 1 aromatic heterocycles. The lowest BCUT2D eigenvalue weighted by Crippen LogP contribution is -2.41. The molecule has 1 heterocycles. The number of hydrogen-bond donors (Lipinski definition) is 1. The van der Waals surface area contributed by atoms with Crippen molar-refractivity contribution >= 4 is 34.5 Å². The molecule has 0 saturated heterocycles. The molecule has 25 heavy (non-hydrogen) atoms. The molecule has 2 rings (SSSR count). The summed E-state index contributed by atoms with van der Waals surface area (Å²) in [5, 5.41) is 2.93. The lowest BCUT2D eigenvalue weighted by Gasteiger charge is -2.26. The van der Waals surface area contributed by atoms with Crippen molar-refractivity contribution in [3.05, 3.63) is 39.5 Å². The average molecular weight is 383 g/mol. The Morgan fingerprint density at radius 2 is 1.96 bits per heavy atom. The molecule has 136 valence electrons. The average Bonchev–Trinajstić information content (AvgIpc) is 3.03. The normalized spacial score (nSPS) is 12.1.